The highest BCUT2D eigenvalue weighted by atomic mass is 16.7. The second kappa shape index (κ2) is 6.32. The van der Waals surface area contributed by atoms with Gasteiger partial charge in [-0.25, -0.2) is 9.59 Å². The summed E-state index contributed by atoms with van der Waals surface area (Å²) in [6, 6.07) is 0. The van der Waals surface area contributed by atoms with E-state index in [1.54, 1.807) is 0 Å². The fourth-order valence-electron chi connectivity index (χ4n) is 0.993. The van der Waals surface area contributed by atoms with E-state index in [0.29, 0.717) is 0 Å². The highest BCUT2D eigenvalue weighted by molar-refractivity contribution is 5.74. The van der Waals surface area contributed by atoms with Gasteiger partial charge in [0, 0.05) is 0 Å². The second-order valence-corrected chi connectivity index (χ2v) is 4.96. The van der Waals surface area contributed by atoms with Crippen molar-refractivity contribution in [1.29, 1.82) is 0 Å². The normalized spacial score (nSPS) is 11.1. The van der Waals surface area contributed by atoms with Gasteiger partial charge in [0.2, 0.25) is 0 Å². The first-order valence-corrected chi connectivity index (χ1v) is 4.67. The van der Waals surface area contributed by atoms with Gasteiger partial charge >= 0.3 is 12.3 Å². The van der Waals surface area contributed by atoms with Gasteiger partial charge in [-0.2, -0.15) is 0 Å². The van der Waals surface area contributed by atoms with Crippen LogP contribution in [0, 0.1) is 0 Å². The minimum Gasteiger partial charge on any atom is -0.449 e. The van der Waals surface area contributed by atoms with Crippen molar-refractivity contribution in [2.45, 2.75) is 52.7 Å². The fourth-order valence-corrected chi connectivity index (χ4v) is 0.993. The van der Waals surface area contributed by atoms with E-state index in [4.69, 9.17) is 14.9 Å². The third kappa shape index (κ3) is 23.0. The van der Waals surface area contributed by atoms with Gasteiger partial charge in [0.15, 0.2) is 0 Å². The molecule has 0 aromatic carbocycles. The van der Waals surface area contributed by atoms with Gasteiger partial charge in [-0.05, 0) is 41.5 Å². The van der Waals surface area contributed by atoms with Crippen molar-refractivity contribution in [3.05, 3.63) is 0 Å². The molecule has 0 saturated heterocycles. The summed E-state index contributed by atoms with van der Waals surface area (Å²) in [6.45, 7) is 12.4. The summed E-state index contributed by atoms with van der Waals surface area (Å²) < 4.78 is 8.71. The molecule has 0 aliphatic heterocycles. The van der Waals surface area contributed by atoms with E-state index in [-0.39, 0.29) is 11.2 Å². The van der Waals surface area contributed by atoms with Gasteiger partial charge in [-0.15, -0.1) is 0 Å². The zero-order valence-electron chi connectivity index (χ0n) is 10.5. The van der Waals surface area contributed by atoms with E-state index in [1.165, 1.54) is 0 Å². The van der Waals surface area contributed by atoms with Crippen molar-refractivity contribution in [2.75, 3.05) is 0 Å². The largest absolute Gasteiger partial charge is 0.516 e. The first kappa shape index (κ1) is 17.1. The SMILES string of the molecule is CC(C)(C)OC(C)(C)C.O=C(O)OC(=O)O. The summed E-state index contributed by atoms with van der Waals surface area (Å²) in [5.41, 5.74) is -0.0312. The highest BCUT2D eigenvalue weighted by Crippen LogP contribution is 2.17. The maximum Gasteiger partial charge on any atom is 0.516 e. The summed E-state index contributed by atoms with van der Waals surface area (Å²) in [4.78, 5) is 18.4. The molecule has 0 bridgehead atoms. The standard InChI is InChI=1S/C8H18O.C2H2O5/c1-7(2,3)9-8(4,5)6;3-1(4)7-2(5)6/h1-6H3;(H,3,4)(H,5,6). The van der Waals surface area contributed by atoms with Crippen molar-refractivity contribution >= 4 is 12.3 Å². The van der Waals surface area contributed by atoms with Crippen LogP contribution in [-0.4, -0.2) is 33.7 Å². The Morgan fingerprint density at radius 3 is 1.06 bits per heavy atom. The van der Waals surface area contributed by atoms with E-state index in [2.05, 4.69) is 46.3 Å². The van der Waals surface area contributed by atoms with E-state index >= 15 is 0 Å². The first-order chi connectivity index (χ1) is 6.83. The van der Waals surface area contributed by atoms with Crippen LogP contribution < -0.4 is 0 Å². The molecule has 96 valence electrons. The highest BCUT2D eigenvalue weighted by Gasteiger charge is 2.19. The quantitative estimate of drug-likeness (QED) is 0.496. The molecule has 0 aliphatic carbocycles. The van der Waals surface area contributed by atoms with Gasteiger partial charge in [0.05, 0.1) is 11.2 Å². The lowest BCUT2D eigenvalue weighted by atomic mass is 10.1. The van der Waals surface area contributed by atoms with Crippen LogP contribution in [0.2, 0.25) is 0 Å². The molecule has 0 aliphatic rings. The summed E-state index contributed by atoms with van der Waals surface area (Å²) in [5, 5.41) is 15.0. The molecule has 0 amide bonds. The Labute approximate surface area is 95.2 Å². The van der Waals surface area contributed by atoms with Crippen LogP contribution in [0.25, 0.3) is 0 Å². The minimum atomic E-state index is -1.81. The van der Waals surface area contributed by atoms with Gasteiger partial charge in [-0.3, -0.25) is 0 Å². The topological polar surface area (TPSA) is 93.1 Å². The molecular weight excluding hydrogens is 216 g/mol. The smallest absolute Gasteiger partial charge is 0.449 e. The summed E-state index contributed by atoms with van der Waals surface area (Å²) >= 11 is 0. The molecule has 0 aromatic rings. The zero-order chi connectivity index (χ0) is 13.6. The Bertz CT molecular complexity index is 209. The molecule has 16 heavy (non-hydrogen) atoms. The molecule has 0 rings (SSSR count). The first-order valence-electron chi connectivity index (χ1n) is 4.67. The molecule has 0 aromatic heterocycles. The number of carbonyl (C=O) groups is 2. The Kier molecular flexibility index (Phi) is 6.76. The third-order valence-electron chi connectivity index (χ3n) is 0.787. The van der Waals surface area contributed by atoms with Crippen LogP contribution in [0.1, 0.15) is 41.5 Å². The van der Waals surface area contributed by atoms with E-state index in [0.717, 1.165) is 0 Å². The Morgan fingerprint density at radius 2 is 1.06 bits per heavy atom. The van der Waals surface area contributed by atoms with Crippen LogP contribution in [0.15, 0.2) is 0 Å². The molecule has 0 radical (unpaired) electrons. The molecule has 2 N–H and O–H groups in total. The van der Waals surface area contributed by atoms with Crippen molar-refractivity contribution in [3.63, 3.8) is 0 Å². The Balaban J connectivity index is 0. The molecular formula is C10H20O6. The molecule has 0 unspecified atom stereocenters. The van der Waals surface area contributed by atoms with Gasteiger partial charge in [0.1, 0.15) is 0 Å². The molecule has 0 heterocycles. The maximum atomic E-state index is 9.21. The molecule has 6 heteroatoms. The molecule has 0 fully saturated rings. The predicted molar refractivity (Wildman–Crippen MR) is 57.7 cm³/mol. The van der Waals surface area contributed by atoms with Crippen LogP contribution in [0.5, 0.6) is 0 Å². The third-order valence-corrected chi connectivity index (χ3v) is 0.787. The monoisotopic (exact) mass is 236 g/mol. The number of hydrogen-bond donors (Lipinski definition) is 2. The van der Waals surface area contributed by atoms with Crippen LogP contribution in [-0.2, 0) is 9.47 Å². The van der Waals surface area contributed by atoms with Crippen molar-refractivity contribution in [1.82, 2.24) is 0 Å². The van der Waals surface area contributed by atoms with Crippen molar-refractivity contribution < 1.29 is 29.3 Å². The molecule has 0 atom stereocenters. The van der Waals surface area contributed by atoms with E-state index in [1.807, 2.05) is 0 Å². The lowest BCUT2D eigenvalue weighted by molar-refractivity contribution is -0.102. The predicted octanol–water partition coefficient (Wildman–Crippen LogP) is 2.96. The van der Waals surface area contributed by atoms with E-state index in [9.17, 15) is 9.59 Å². The fraction of sp³-hybridized carbons (Fsp3) is 0.800. The van der Waals surface area contributed by atoms with Crippen molar-refractivity contribution in [2.24, 2.45) is 0 Å². The lowest BCUT2D eigenvalue weighted by Crippen LogP contribution is -2.31. The number of rotatable bonds is 0. The maximum absolute atomic E-state index is 9.21. The molecule has 0 spiro atoms. The lowest BCUT2D eigenvalue weighted by Gasteiger charge is -2.30. The Hall–Kier alpha value is -1.30. The number of carboxylic acid groups (broad SMARTS) is 2. The average Bonchev–Trinajstić information content (AvgIpc) is 1.72. The van der Waals surface area contributed by atoms with Crippen LogP contribution in [0.4, 0.5) is 9.59 Å². The molecule has 6 nitrogen and oxygen atoms in total. The van der Waals surface area contributed by atoms with Gasteiger partial charge < -0.3 is 19.7 Å². The zero-order valence-corrected chi connectivity index (χ0v) is 10.5. The van der Waals surface area contributed by atoms with Gasteiger partial charge in [-0.1, -0.05) is 0 Å². The average molecular weight is 236 g/mol. The van der Waals surface area contributed by atoms with Crippen LogP contribution in [0.3, 0.4) is 0 Å². The summed E-state index contributed by atoms with van der Waals surface area (Å²) in [5.74, 6) is 0. The van der Waals surface area contributed by atoms with Gasteiger partial charge in [0.25, 0.3) is 0 Å². The summed E-state index contributed by atoms with van der Waals surface area (Å²) in [7, 11) is 0. The second-order valence-electron chi connectivity index (χ2n) is 4.96. The molecule has 0 saturated carbocycles. The number of hydrogen-bond acceptors (Lipinski definition) is 4. The Morgan fingerprint density at radius 1 is 0.812 bits per heavy atom. The van der Waals surface area contributed by atoms with Crippen molar-refractivity contribution in [3.8, 4) is 0 Å². The minimum absolute atomic E-state index is 0.0156. The number of ether oxygens (including phenoxy) is 2. The summed E-state index contributed by atoms with van der Waals surface area (Å²) in [6.07, 6.45) is -3.62. The van der Waals surface area contributed by atoms with E-state index < -0.39 is 12.3 Å². The van der Waals surface area contributed by atoms with Crippen LogP contribution >= 0.6 is 0 Å².